The number of aryl methyl sites for hydroxylation is 1. The third-order valence-electron chi connectivity index (χ3n) is 4.47. The molecule has 3 rings (SSSR count). The maximum Gasteiger partial charge on any atom is 0.122 e. The molecule has 3 nitrogen and oxygen atoms in total. The fourth-order valence-corrected chi connectivity index (χ4v) is 3.02. The molecule has 0 saturated carbocycles. The third kappa shape index (κ3) is 5.52. The molecule has 0 aliphatic carbocycles. The minimum absolute atomic E-state index is 0. The van der Waals surface area contributed by atoms with E-state index in [9.17, 15) is 0 Å². The van der Waals surface area contributed by atoms with Crippen molar-refractivity contribution in [1.29, 1.82) is 0 Å². The Kier molecular flexibility index (Phi) is 7.57. The molecule has 0 bridgehead atoms. The van der Waals surface area contributed by atoms with Crippen LogP contribution in [0.1, 0.15) is 11.1 Å². The monoisotopic (exact) mass is 345 g/mol. The van der Waals surface area contributed by atoms with Crippen molar-refractivity contribution >= 4 is 0 Å². The lowest BCUT2D eigenvalue weighted by molar-refractivity contribution is -0.00000518. The Morgan fingerprint density at radius 3 is 2.17 bits per heavy atom. The lowest BCUT2D eigenvalue weighted by atomic mass is 10.2. The maximum absolute atomic E-state index is 5.91. The van der Waals surface area contributed by atoms with Gasteiger partial charge in [0.15, 0.2) is 0 Å². The molecule has 0 atom stereocenters. The van der Waals surface area contributed by atoms with Crippen molar-refractivity contribution < 1.29 is 17.1 Å². The van der Waals surface area contributed by atoms with Gasteiger partial charge in [0.1, 0.15) is 12.4 Å². The van der Waals surface area contributed by atoms with Crippen LogP contribution in [-0.2, 0) is 6.54 Å². The van der Waals surface area contributed by atoms with Gasteiger partial charge in [0.05, 0.1) is 0 Å². The van der Waals surface area contributed by atoms with Gasteiger partial charge in [-0.05, 0) is 24.1 Å². The zero-order valence-electron chi connectivity index (χ0n) is 14.3. The Balaban J connectivity index is 0.00000208. The summed E-state index contributed by atoms with van der Waals surface area (Å²) in [6.07, 6.45) is 0. The molecular formula is C20H26ClN2O-. The average Bonchev–Trinajstić information content (AvgIpc) is 2.59. The number of hydrogen-bond donors (Lipinski definition) is 0. The molecule has 24 heavy (non-hydrogen) atoms. The highest BCUT2D eigenvalue weighted by molar-refractivity contribution is 5.31. The van der Waals surface area contributed by atoms with Gasteiger partial charge in [0.2, 0.25) is 0 Å². The first-order valence-corrected chi connectivity index (χ1v) is 8.48. The van der Waals surface area contributed by atoms with Gasteiger partial charge < -0.3 is 17.1 Å². The minimum Gasteiger partial charge on any atom is -1.00 e. The summed E-state index contributed by atoms with van der Waals surface area (Å²) in [7, 11) is 0. The molecule has 2 aromatic carbocycles. The highest BCUT2D eigenvalue weighted by atomic mass is 35.5. The van der Waals surface area contributed by atoms with E-state index in [4.69, 9.17) is 4.74 Å². The van der Waals surface area contributed by atoms with Crippen LogP contribution in [-0.4, -0.2) is 49.1 Å². The maximum atomic E-state index is 5.91. The number of piperazine rings is 1. The van der Waals surface area contributed by atoms with E-state index >= 15 is 0 Å². The van der Waals surface area contributed by atoms with E-state index in [-0.39, 0.29) is 12.4 Å². The molecule has 0 aromatic heterocycles. The zero-order valence-corrected chi connectivity index (χ0v) is 15.1. The molecule has 1 aliphatic heterocycles. The molecule has 2 aromatic rings. The number of benzene rings is 2. The van der Waals surface area contributed by atoms with Gasteiger partial charge in [0.25, 0.3) is 0 Å². The number of rotatable bonds is 6. The Morgan fingerprint density at radius 1 is 0.833 bits per heavy atom. The van der Waals surface area contributed by atoms with Crippen LogP contribution < -0.4 is 17.1 Å². The highest BCUT2D eigenvalue weighted by Crippen LogP contribution is 2.16. The summed E-state index contributed by atoms with van der Waals surface area (Å²) in [5.41, 5.74) is 2.61. The van der Waals surface area contributed by atoms with Gasteiger partial charge >= 0.3 is 0 Å². The van der Waals surface area contributed by atoms with E-state index in [0.29, 0.717) is 0 Å². The fraction of sp³-hybridized carbons (Fsp3) is 0.400. The molecule has 0 N–H and O–H groups in total. The molecular weight excluding hydrogens is 320 g/mol. The number of ether oxygens (including phenoxy) is 1. The Labute approximate surface area is 151 Å². The Bertz CT molecular complexity index is 598. The second-order valence-electron chi connectivity index (χ2n) is 6.22. The van der Waals surface area contributed by atoms with E-state index in [1.807, 2.05) is 18.2 Å². The third-order valence-corrected chi connectivity index (χ3v) is 4.47. The zero-order chi connectivity index (χ0) is 15.9. The number of nitrogens with zero attached hydrogens (tertiary/aromatic N) is 2. The van der Waals surface area contributed by atoms with E-state index in [0.717, 1.165) is 51.6 Å². The van der Waals surface area contributed by atoms with Crippen molar-refractivity contribution in [3.63, 3.8) is 0 Å². The summed E-state index contributed by atoms with van der Waals surface area (Å²) in [6, 6.07) is 19.0. The highest BCUT2D eigenvalue weighted by Gasteiger charge is 2.16. The molecule has 0 unspecified atom stereocenters. The van der Waals surface area contributed by atoms with E-state index in [2.05, 4.69) is 53.1 Å². The molecule has 1 aliphatic rings. The summed E-state index contributed by atoms with van der Waals surface area (Å²) in [6.45, 7) is 9.47. The molecule has 1 fully saturated rings. The van der Waals surface area contributed by atoms with Gasteiger partial charge in [-0.25, -0.2) is 0 Å². The first-order valence-electron chi connectivity index (χ1n) is 8.48. The topological polar surface area (TPSA) is 15.7 Å². The van der Waals surface area contributed by atoms with Crippen LogP contribution in [0, 0.1) is 6.92 Å². The van der Waals surface area contributed by atoms with Crippen molar-refractivity contribution in [3.8, 4) is 5.75 Å². The molecule has 0 amide bonds. The standard InChI is InChI=1S/C20H26N2O.ClH/c1-18-7-5-6-10-20(18)23-16-15-21-11-13-22(14-12-21)17-19-8-3-2-4-9-19;/h2-10H,11-17H2,1H3;1H/p-1. The van der Waals surface area contributed by atoms with Crippen LogP contribution in [0.5, 0.6) is 5.75 Å². The van der Waals surface area contributed by atoms with E-state index < -0.39 is 0 Å². The SMILES string of the molecule is Cc1ccccc1OCCN1CCN(Cc2ccccc2)CC1.[Cl-]. The van der Waals surface area contributed by atoms with Crippen LogP contribution >= 0.6 is 0 Å². The van der Waals surface area contributed by atoms with Crippen LogP contribution in [0.3, 0.4) is 0 Å². The summed E-state index contributed by atoms with van der Waals surface area (Å²) >= 11 is 0. The van der Waals surface area contributed by atoms with Crippen LogP contribution in [0.15, 0.2) is 54.6 Å². The van der Waals surface area contributed by atoms with Crippen LogP contribution in [0.2, 0.25) is 0 Å². The van der Waals surface area contributed by atoms with Gasteiger partial charge in [0, 0.05) is 39.3 Å². The van der Waals surface area contributed by atoms with Crippen molar-refractivity contribution in [2.24, 2.45) is 0 Å². The van der Waals surface area contributed by atoms with Crippen LogP contribution in [0.4, 0.5) is 0 Å². The Morgan fingerprint density at radius 2 is 1.46 bits per heavy atom. The van der Waals surface area contributed by atoms with E-state index in [1.54, 1.807) is 0 Å². The summed E-state index contributed by atoms with van der Waals surface area (Å²) in [4.78, 5) is 5.04. The molecule has 1 saturated heterocycles. The normalized spacial score (nSPS) is 15.7. The van der Waals surface area contributed by atoms with Gasteiger partial charge in [-0.1, -0.05) is 48.5 Å². The molecule has 0 radical (unpaired) electrons. The van der Waals surface area contributed by atoms with Crippen molar-refractivity contribution in [1.82, 2.24) is 9.80 Å². The van der Waals surface area contributed by atoms with Crippen molar-refractivity contribution in [2.75, 3.05) is 39.3 Å². The molecule has 0 spiro atoms. The average molecular weight is 346 g/mol. The quantitative estimate of drug-likeness (QED) is 0.743. The molecule has 1 heterocycles. The molecule has 4 heteroatoms. The first kappa shape index (κ1) is 18.8. The summed E-state index contributed by atoms with van der Waals surface area (Å²) in [5.74, 6) is 1.01. The van der Waals surface area contributed by atoms with Gasteiger partial charge in [-0.2, -0.15) is 0 Å². The number of halogens is 1. The van der Waals surface area contributed by atoms with Gasteiger partial charge in [-0.3, -0.25) is 9.80 Å². The first-order chi connectivity index (χ1) is 11.3. The predicted molar refractivity (Wildman–Crippen MR) is 94.8 cm³/mol. The number of para-hydroxylation sites is 1. The van der Waals surface area contributed by atoms with Crippen LogP contribution in [0.25, 0.3) is 0 Å². The fourth-order valence-electron chi connectivity index (χ4n) is 3.02. The number of hydrogen-bond acceptors (Lipinski definition) is 3. The van der Waals surface area contributed by atoms with Crippen molar-refractivity contribution in [2.45, 2.75) is 13.5 Å². The minimum atomic E-state index is 0. The van der Waals surface area contributed by atoms with Crippen molar-refractivity contribution in [3.05, 3.63) is 65.7 Å². The summed E-state index contributed by atoms with van der Waals surface area (Å²) in [5, 5.41) is 0. The Hall–Kier alpha value is -1.55. The lowest BCUT2D eigenvalue weighted by Gasteiger charge is -2.34. The van der Waals surface area contributed by atoms with E-state index in [1.165, 1.54) is 11.1 Å². The molecule has 130 valence electrons. The van der Waals surface area contributed by atoms with Gasteiger partial charge in [-0.15, -0.1) is 0 Å². The predicted octanol–water partition coefficient (Wildman–Crippen LogP) is 0.196. The summed E-state index contributed by atoms with van der Waals surface area (Å²) < 4.78 is 5.91. The lowest BCUT2D eigenvalue weighted by Crippen LogP contribution is -3.00. The largest absolute Gasteiger partial charge is 1.00 e. The smallest absolute Gasteiger partial charge is 0.122 e. The second-order valence-corrected chi connectivity index (χ2v) is 6.22. The second kappa shape index (κ2) is 9.67.